The third-order valence-corrected chi connectivity index (χ3v) is 7.50. The first-order valence-electron chi connectivity index (χ1n) is 10.2. The van der Waals surface area contributed by atoms with E-state index in [1.54, 1.807) is 16.8 Å². The number of fused-ring (bicyclic) bond motifs is 1. The number of carbonyl (C=O) groups is 1. The van der Waals surface area contributed by atoms with E-state index in [2.05, 4.69) is 25.4 Å². The van der Waals surface area contributed by atoms with Crippen LogP contribution in [-0.4, -0.2) is 58.4 Å². The first kappa shape index (κ1) is 21.5. The molecule has 1 aliphatic heterocycles. The number of nitrogens with zero attached hydrogens (tertiary/aromatic N) is 6. The highest BCUT2D eigenvalue weighted by Gasteiger charge is 2.34. The van der Waals surface area contributed by atoms with Gasteiger partial charge < -0.3 is 10.2 Å². The summed E-state index contributed by atoms with van der Waals surface area (Å²) in [4.78, 5) is 28.0. The van der Waals surface area contributed by atoms with Crippen molar-refractivity contribution in [2.75, 3.05) is 29.6 Å². The fourth-order valence-electron chi connectivity index (χ4n) is 3.71. The van der Waals surface area contributed by atoms with E-state index in [9.17, 15) is 13.2 Å². The number of thiazole rings is 1. The first-order valence-corrected chi connectivity index (χ1v) is 12.9. The quantitative estimate of drug-likeness (QED) is 0.459. The third kappa shape index (κ3) is 4.18. The molecule has 3 aromatic heterocycles. The molecule has 5 rings (SSSR count). The number of rotatable bonds is 5. The average molecular weight is 484 g/mol. The summed E-state index contributed by atoms with van der Waals surface area (Å²) in [5.74, 6) is 1.10. The van der Waals surface area contributed by atoms with Crippen molar-refractivity contribution in [3.8, 4) is 5.82 Å². The van der Waals surface area contributed by atoms with Gasteiger partial charge in [-0.15, -0.1) is 0 Å². The highest BCUT2D eigenvalue weighted by atomic mass is 32.2. The summed E-state index contributed by atoms with van der Waals surface area (Å²) in [7, 11) is -3.30. The second-order valence-electron chi connectivity index (χ2n) is 8.09. The van der Waals surface area contributed by atoms with Crippen molar-refractivity contribution in [1.29, 1.82) is 0 Å². The fourth-order valence-corrected chi connectivity index (χ4v) is 5.34. The van der Waals surface area contributed by atoms with Crippen molar-refractivity contribution in [2.45, 2.75) is 18.7 Å². The van der Waals surface area contributed by atoms with Crippen molar-refractivity contribution in [2.24, 2.45) is 5.92 Å². The predicted molar refractivity (Wildman–Crippen MR) is 126 cm³/mol. The molecule has 1 N–H and O–H groups in total. The summed E-state index contributed by atoms with van der Waals surface area (Å²) < 4.78 is 26.0. The minimum Gasteiger partial charge on any atom is -0.355 e. The molecule has 0 spiro atoms. The molecule has 1 saturated heterocycles. The van der Waals surface area contributed by atoms with Crippen LogP contribution >= 0.6 is 11.3 Å². The number of sulfone groups is 1. The zero-order chi connectivity index (χ0) is 23.3. The summed E-state index contributed by atoms with van der Waals surface area (Å²) in [6.07, 6.45) is 2.67. The van der Waals surface area contributed by atoms with Crippen molar-refractivity contribution in [3.63, 3.8) is 0 Å². The van der Waals surface area contributed by atoms with Crippen LogP contribution in [0.4, 0.5) is 10.9 Å². The molecule has 0 unspecified atom stereocenters. The Hall–Kier alpha value is -3.38. The Labute approximate surface area is 194 Å². The van der Waals surface area contributed by atoms with E-state index >= 15 is 0 Å². The van der Waals surface area contributed by atoms with Gasteiger partial charge in [-0.1, -0.05) is 11.3 Å². The molecule has 0 aliphatic carbocycles. The molecule has 1 aliphatic rings. The number of aromatic nitrogens is 5. The van der Waals surface area contributed by atoms with Crippen LogP contribution in [0.15, 0.2) is 41.6 Å². The van der Waals surface area contributed by atoms with Gasteiger partial charge in [-0.3, -0.25) is 4.79 Å². The Bertz CT molecular complexity index is 1490. The lowest BCUT2D eigenvalue weighted by atomic mass is 9.99. The van der Waals surface area contributed by atoms with Crippen LogP contribution in [0.5, 0.6) is 0 Å². The van der Waals surface area contributed by atoms with Gasteiger partial charge in [0.25, 0.3) is 0 Å². The van der Waals surface area contributed by atoms with Crippen LogP contribution in [0.2, 0.25) is 0 Å². The van der Waals surface area contributed by atoms with E-state index in [1.165, 1.54) is 23.7 Å². The Morgan fingerprint density at radius 1 is 1.12 bits per heavy atom. The number of benzene rings is 1. The fraction of sp³-hybridized carbons (Fsp3) is 0.286. The van der Waals surface area contributed by atoms with Gasteiger partial charge in [0.05, 0.1) is 26.7 Å². The zero-order valence-electron chi connectivity index (χ0n) is 18.2. The Kier molecular flexibility index (Phi) is 5.13. The summed E-state index contributed by atoms with van der Waals surface area (Å²) in [5.41, 5.74) is 2.55. The largest absolute Gasteiger partial charge is 0.355 e. The molecule has 170 valence electrons. The lowest BCUT2D eigenvalue weighted by molar-refractivity contribution is -0.120. The van der Waals surface area contributed by atoms with Crippen LogP contribution < -0.4 is 10.2 Å². The molecule has 33 heavy (non-hydrogen) atoms. The van der Waals surface area contributed by atoms with E-state index in [-0.39, 0.29) is 16.7 Å². The molecule has 0 bridgehead atoms. The van der Waals surface area contributed by atoms with Crippen LogP contribution in [0.1, 0.15) is 11.4 Å². The van der Waals surface area contributed by atoms with Crippen molar-refractivity contribution in [1.82, 2.24) is 24.7 Å². The molecule has 4 aromatic rings. The number of carbonyl (C=O) groups excluding carboxylic acids is 1. The predicted octanol–water partition coefficient (Wildman–Crippen LogP) is 2.37. The highest BCUT2D eigenvalue weighted by molar-refractivity contribution is 7.90. The third-order valence-electron chi connectivity index (χ3n) is 5.46. The zero-order valence-corrected chi connectivity index (χ0v) is 19.8. The minimum absolute atomic E-state index is 0.124. The first-order chi connectivity index (χ1) is 15.7. The van der Waals surface area contributed by atoms with E-state index in [1.807, 2.05) is 30.9 Å². The molecule has 10 nitrogen and oxygen atoms in total. The normalized spacial score (nSPS) is 14.5. The van der Waals surface area contributed by atoms with Crippen molar-refractivity contribution < 1.29 is 13.2 Å². The summed E-state index contributed by atoms with van der Waals surface area (Å²) in [5, 5.41) is 7.76. The van der Waals surface area contributed by atoms with Crippen molar-refractivity contribution >= 4 is 48.2 Å². The van der Waals surface area contributed by atoms with Gasteiger partial charge in [-0.2, -0.15) is 5.10 Å². The summed E-state index contributed by atoms with van der Waals surface area (Å²) >= 11 is 1.26. The number of hydrogen-bond donors (Lipinski definition) is 1. The molecule has 1 aromatic carbocycles. The van der Waals surface area contributed by atoms with Gasteiger partial charge >= 0.3 is 0 Å². The number of nitrogens with one attached hydrogen (secondary N) is 1. The molecule has 0 radical (unpaired) electrons. The molecular weight excluding hydrogens is 462 g/mol. The highest BCUT2D eigenvalue weighted by Crippen LogP contribution is 2.30. The number of anilines is 2. The maximum Gasteiger partial charge on any atom is 0.232 e. The van der Waals surface area contributed by atoms with Gasteiger partial charge in [0.15, 0.2) is 20.8 Å². The maximum atomic E-state index is 12.7. The molecule has 12 heteroatoms. The van der Waals surface area contributed by atoms with Crippen LogP contribution in [0.3, 0.4) is 0 Å². The smallest absolute Gasteiger partial charge is 0.232 e. The molecule has 0 atom stereocenters. The summed E-state index contributed by atoms with van der Waals surface area (Å²) in [6, 6.07) is 8.60. The average Bonchev–Trinajstić information content (AvgIpc) is 3.27. The maximum absolute atomic E-state index is 12.7. The van der Waals surface area contributed by atoms with Crippen LogP contribution in [0.25, 0.3) is 16.0 Å². The topological polar surface area (TPSA) is 123 Å². The Morgan fingerprint density at radius 2 is 1.88 bits per heavy atom. The van der Waals surface area contributed by atoms with Gasteiger partial charge in [0.2, 0.25) is 5.91 Å². The van der Waals surface area contributed by atoms with E-state index < -0.39 is 9.84 Å². The van der Waals surface area contributed by atoms with Crippen molar-refractivity contribution in [3.05, 3.63) is 48.0 Å². The number of amides is 1. The lowest BCUT2D eigenvalue weighted by Crippen LogP contribution is -2.52. The monoisotopic (exact) mass is 483 g/mol. The summed E-state index contributed by atoms with van der Waals surface area (Å²) in [6.45, 7) is 4.96. The van der Waals surface area contributed by atoms with E-state index in [0.29, 0.717) is 34.3 Å². The number of aryl methyl sites for hydroxylation is 2. The second kappa shape index (κ2) is 7.89. The Morgan fingerprint density at radius 3 is 2.58 bits per heavy atom. The van der Waals surface area contributed by atoms with Crippen LogP contribution in [0, 0.1) is 19.8 Å². The van der Waals surface area contributed by atoms with Gasteiger partial charge in [0, 0.05) is 31.1 Å². The number of hydrogen-bond acceptors (Lipinski definition) is 9. The Balaban J connectivity index is 1.25. The van der Waals surface area contributed by atoms with Crippen LogP contribution in [-0.2, 0) is 14.6 Å². The van der Waals surface area contributed by atoms with Gasteiger partial charge in [-0.25, -0.2) is 28.1 Å². The van der Waals surface area contributed by atoms with E-state index in [4.69, 9.17) is 0 Å². The minimum atomic E-state index is -3.30. The lowest BCUT2D eigenvalue weighted by Gasteiger charge is -2.38. The van der Waals surface area contributed by atoms with Gasteiger partial charge in [0.1, 0.15) is 12.1 Å². The van der Waals surface area contributed by atoms with E-state index in [0.717, 1.165) is 23.5 Å². The molecule has 0 saturated carbocycles. The molecule has 4 heterocycles. The second-order valence-corrected chi connectivity index (χ2v) is 11.1. The SMILES string of the molecule is Cc1cc(C)n(-c2cc(N3CC(C(=O)Nc4nc5ccc(S(C)(=O)=O)cc5s4)C3)ncn2)n1. The van der Waals surface area contributed by atoms with Gasteiger partial charge in [-0.05, 0) is 38.1 Å². The molecule has 1 fully saturated rings. The molecular formula is C21H21N7O3S2. The molecule has 1 amide bonds. The standard InChI is InChI=1S/C21H21N7O3S2/c1-12-6-13(2)28(26-12)19-8-18(22-11-23-19)27-9-14(10-27)20(29)25-21-24-16-5-4-15(33(3,30)31)7-17(16)32-21/h4-8,11,14H,9-10H2,1-3H3,(H,24,25,29).